The van der Waals surface area contributed by atoms with E-state index in [9.17, 15) is 0 Å². The molecule has 0 aromatic carbocycles. The topological polar surface area (TPSA) is 0 Å². The molecule has 0 aromatic heterocycles. The van der Waals surface area contributed by atoms with Crippen molar-refractivity contribution in [3.63, 3.8) is 0 Å². The molecular weight excluding hydrogens is 120 g/mol. The van der Waals surface area contributed by atoms with E-state index in [0.717, 1.165) is 35.1 Å². The molecule has 0 N–H and O–H groups in total. The fourth-order valence-corrected chi connectivity index (χ4v) is 1.02. The molecule has 0 spiro atoms. The van der Waals surface area contributed by atoms with E-state index in [4.69, 9.17) is 0 Å². The van der Waals surface area contributed by atoms with Crippen LogP contribution in [0.5, 0.6) is 0 Å². The second-order valence-electron chi connectivity index (χ2n) is 2.77. The van der Waals surface area contributed by atoms with Crippen LogP contribution in [-0.4, -0.2) is 0 Å². The summed E-state index contributed by atoms with van der Waals surface area (Å²) in [6.07, 6.45) is 1.72. The molecule has 10 heavy (non-hydrogen) atoms. The Morgan fingerprint density at radius 2 is 0.800 bits per heavy atom. The summed E-state index contributed by atoms with van der Waals surface area (Å²) in [5.41, 5.74) is 4.43. The zero-order valence-corrected chi connectivity index (χ0v) is 6.24. The first-order valence-corrected chi connectivity index (χ1v) is 3.33. The van der Waals surface area contributed by atoms with E-state index >= 15 is 0 Å². The highest BCUT2D eigenvalue weighted by atomic mass is 14.2. The molecule has 1 rings (SSSR count). The molecule has 0 nitrogen and oxygen atoms in total. The van der Waals surface area contributed by atoms with E-state index in [-0.39, 0.29) is 0 Å². The van der Waals surface area contributed by atoms with Gasteiger partial charge in [0, 0.05) is 0 Å². The number of hydrogen-bond donors (Lipinski definition) is 0. The third-order valence-electron chi connectivity index (χ3n) is 1.85. The van der Waals surface area contributed by atoms with Crippen molar-refractivity contribution in [3.05, 3.63) is 48.6 Å². The van der Waals surface area contributed by atoms with E-state index in [2.05, 4.69) is 26.3 Å². The lowest BCUT2D eigenvalue weighted by Gasteiger charge is -2.20. The van der Waals surface area contributed by atoms with E-state index in [1.807, 2.05) is 0 Å². The zero-order chi connectivity index (χ0) is 7.72. The van der Waals surface area contributed by atoms with Gasteiger partial charge in [-0.3, -0.25) is 0 Å². The molecule has 52 valence electrons. The summed E-state index contributed by atoms with van der Waals surface area (Å²) in [6, 6.07) is 0. The SMILES string of the molecule is C=C1CC(=C)C(=C)CC1=C. The highest BCUT2D eigenvalue weighted by Crippen LogP contribution is 2.32. The van der Waals surface area contributed by atoms with E-state index < -0.39 is 0 Å². The van der Waals surface area contributed by atoms with Crippen LogP contribution >= 0.6 is 0 Å². The van der Waals surface area contributed by atoms with Crippen LogP contribution in [0.25, 0.3) is 0 Å². The number of hydrogen-bond acceptors (Lipinski definition) is 0. The van der Waals surface area contributed by atoms with Gasteiger partial charge in [-0.05, 0) is 35.1 Å². The summed E-state index contributed by atoms with van der Waals surface area (Å²) in [5.74, 6) is 0. The molecule has 0 unspecified atom stereocenters. The Morgan fingerprint density at radius 3 is 1.00 bits per heavy atom. The van der Waals surface area contributed by atoms with Crippen LogP contribution < -0.4 is 0 Å². The van der Waals surface area contributed by atoms with Crippen molar-refractivity contribution in [1.82, 2.24) is 0 Å². The van der Waals surface area contributed by atoms with Gasteiger partial charge in [0.2, 0.25) is 0 Å². The molecule has 1 aliphatic carbocycles. The van der Waals surface area contributed by atoms with Crippen molar-refractivity contribution in [2.75, 3.05) is 0 Å². The maximum absolute atomic E-state index is 3.88. The van der Waals surface area contributed by atoms with E-state index in [1.165, 1.54) is 0 Å². The molecule has 1 aliphatic rings. The van der Waals surface area contributed by atoms with Gasteiger partial charge in [0.15, 0.2) is 0 Å². The third kappa shape index (κ3) is 1.10. The maximum atomic E-state index is 3.88. The molecule has 1 saturated carbocycles. The third-order valence-corrected chi connectivity index (χ3v) is 1.85. The Hall–Kier alpha value is -1.04. The Labute approximate surface area is 62.3 Å². The zero-order valence-electron chi connectivity index (χ0n) is 6.24. The Morgan fingerprint density at radius 1 is 0.600 bits per heavy atom. The minimum absolute atomic E-state index is 0.859. The molecule has 0 heteroatoms. The first kappa shape index (κ1) is 7.07. The highest BCUT2D eigenvalue weighted by molar-refractivity contribution is 5.46. The summed E-state index contributed by atoms with van der Waals surface area (Å²) in [4.78, 5) is 0. The van der Waals surface area contributed by atoms with Gasteiger partial charge < -0.3 is 0 Å². The molecule has 0 amide bonds. The molecule has 0 heterocycles. The molecule has 0 radical (unpaired) electrons. The summed E-state index contributed by atoms with van der Waals surface area (Å²) >= 11 is 0. The number of allylic oxidation sites excluding steroid dienone is 4. The molecular formula is C10H12. The number of rotatable bonds is 0. The monoisotopic (exact) mass is 132 g/mol. The fourth-order valence-electron chi connectivity index (χ4n) is 1.02. The van der Waals surface area contributed by atoms with Crippen molar-refractivity contribution >= 4 is 0 Å². The predicted octanol–water partition coefficient (Wildman–Crippen LogP) is 3.01. The largest absolute Gasteiger partial charge is 0.0952 e. The minimum atomic E-state index is 0.859. The van der Waals surface area contributed by atoms with Crippen LogP contribution in [0, 0.1) is 0 Å². The Balaban J connectivity index is 2.82. The van der Waals surface area contributed by atoms with Gasteiger partial charge in [0.1, 0.15) is 0 Å². The molecule has 0 bridgehead atoms. The van der Waals surface area contributed by atoms with Gasteiger partial charge >= 0.3 is 0 Å². The van der Waals surface area contributed by atoms with Crippen molar-refractivity contribution in [1.29, 1.82) is 0 Å². The predicted molar refractivity (Wildman–Crippen MR) is 45.8 cm³/mol. The van der Waals surface area contributed by atoms with Crippen LogP contribution in [-0.2, 0) is 0 Å². The Bertz CT molecular complexity index is 178. The minimum Gasteiger partial charge on any atom is -0.0952 e. The molecule has 1 fully saturated rings. The van der Waals surface area contributed by atoms with Crippen LogP contribution in [0.15, 0.2) is 48.6 Å². The van der Waals surface area contributed by atoms with Gasteiger partial charge in [0.25, 0.3) is 0 Å². The quantitative estimate of drug-likeness (QED) is 0.475. The lowest BCUT2D eigenvalue weighted by molar-refractivity contribution is 0.993. The van der Waals surface area contributed by atoms with Crippen LogP contribution in [0.2, 0.25) is 0 Å². The standard InChI is InChI=1S/C10H12/c1-7-5-9(3)10(4)6-8(7)2/h1-6H2. The first-order chi connectivity index (χ1) is 4.61. The molecule has 0 saturated heterocycles. The lowest BCUT2D eigenvalue weighted by atomic mass is 9.85. The summed E-state index contributed by atoms with van der Waals surface area (Å²) in [5, 5.41) is 0. The van der Waals surface area contributed by atoms with Crippen molar-refractivity contribution in [2.24, 2.45) is 0 Å². The van der Waals surface area contributed by atoms with Crippen molar-refractivity contribution < 1.29 is 0 Å². The average molecular weight is 132 g/mol. The van der Waals surface area contributed by atoms with E-state index in [0.29, 0.717) is 0 Å². The van der Waals surface area contributed by atoms with Crippen LogP contribution in [0.3, 0.4) is 0 Å². The average Bonchev–Trinajstić information content (AvgIpc) is 1.84. The van der Waals surface area contributed by atoms with Gasteiger partial charge in [-0.1, -0.05) is 26.3 Å². The summed E-state index contributed by atoms with van der Waals surface area (Å²) in [7, 11) is 0. The van der Waals surface area contributed by atoms with Crippen molar-refractivity contribution in [3.8, 4) is 0 Å². The van der Waals surface area contributed by atoms with Crippen LogP contribution in [0.4, 0.5) is 0 Å². The normalized spacial score (nSPS) is 20.0. The first-order valence-electron chi connectivity index (χ1n) is 3.33. The van der Waals surface area contributed by atoms with Gasteiger partial charge in [0.05, 0.1) is 0 Å². The summed E-state index contributed by atoms with van der Waals surface area (Å²) in [6.45, 7) is 15.5. The second kappa shape index (κ2) is 2.30. The molecule has 0 atom stereocenters. The molecule has 0 aliphatic heterocycles. The second-order valence-corrected chi connectivity index (χ2v) is 2.77. The smallest absolute Gasteiger partial charge is 0.00322 e. The van der Waals surface area contributed by atoms with Gasteiger partial charge in [-0.2, -0.15) is 0 Å². The van der Waals surface area contributed by atoms with E-state index in [1.54, 1.807) is 0 Å². The Kier molecular flexibility index (Phi) is 1.62. The lowest BCUT2D eigenvalue weighted by Crippen LogP contribution is -2.01. The highest BCUT2D eigenvalue weighted by Gasteiger charge is 2.12. The van der Waals surface area contributed by atoms with Gasteiger partial charge in [-0.15, -0.1) is 0 Å². The fraction of sp³-hybridized carbons (Fsp3) is 0.200. The van der Waals surface area contributed by atoms with Crippen molar-refractivity contribution in [2.45, 2.75) is 12.8 Å². The maximum Gasteiger partial charge on any atom is -0.00322 e. The summed E-state index contributed by atoms with van der Waals surface area (Å²) < 4.78 is 0. The molecule has 0 aromatic rings. The van der Waals surface area contributed by atoms with Gasteiger partial charge in [-0.25, -0.2) is 0 Å². The van der Waals surface area contributed by atoms with Crippen LogP contribution in [0.1, 0.15) is 12.8 Å².